The van der Waals surface area contributed by atoms with Crippen LogP contribution in [0.2, 0.25) is 0 Å². The van der Waals surface area contributed by atoms with Crippen LogP contribution in [0.4, 0.5) is 19.3 Å². The Morgan fingerprint density at radius 3 is 2.44 bits per heavy atom. The van der Waals surface area contributed by atoms with Crippen molar-refractivity contribution < 1.29 is 18.4 Å². The summed E-state index contributed by atoms with van der Waals surface area (Å²) in [7, 11) is 0. The van der Waals surface area contributed by atoms with Gasteiger partial charge < -0.3 is 5.32 Å². The van der Waals surface area contributed by atoms with Gasteiger partial charge in [-0.3, -0.25) is 10.1 Å². The molecule has 0 spiro atoms. The van der Waals surface area contributed by atoms with Crippen molar-refractivity contribution in [2.24, 2.45) is 0 Å². The zero-order valence-electron chi connectivity index (χ0n) is 14.0. The summed E-state index contributed by atoms with van der Waals surface area (Å²) < 4.78 is 26.5. The summed E-state index contributed by atoms with van der Waals surface area (Å²) in [6.07, 6.45) is 0. The molecule has 0 aliphatic carbocycles. The summed E-state index contributed by atoms with van der Waals surface area (Å²) in [6, 6.07) is 7.97. The smallest absolute Gasteiger partial charge is 0.307 e. The zero-order chi connectivity index (χ0) is 18.6. The Morgan fingerprint density at radius 2 is 1.80 bits per heavy atom. The standard InChI is InChI=1S/C18H18F2N2O2S/c1-10-4-6-15(11(2)8-10)21-18(24)22-17(23)12(3)25-16-7-5-13(19)9-14(16)20/h4-9,12H,1-3H3,(H2,21,22,23,24)/t12-/m0/s1. The van der Waals surface area contributed by atoms with Gasteiger partial charge in [0.15, 0.2) is 0 Å². The molecule has 0 radical (unpaired) electrons. The third-order valence-electron chi connectivity index (χ3n) is 3.43. The topological polar surface area (TPSA) is 58.2 Å². The maximum Gasteiger partial charge on any atom is 0.325 e. The number of imide groups is 1. The van der Waals surface area contributed by atoms with Crippen LogP contribution >= 0.6 is 11.8 Å². The molecule has 0 unspecified atom stereocenters. The third-order valence-corrected chi connectivity index (χ3v) is 4.59. The van der Waals surface area contributed by atoms with Crippen LogP contribution in [0.15, 0.2) is 41.3 Å². The highest BCUT2D eigenvalue weighted by Crippen LogP contribution is 2.26. The maximum absolute atomic E-state index is 13.6. The van der Waals surface area contributed by atoms with Gasteiger partial charge in [0.25, 0.3) is 0 Å². The van der Waals surface area contributed by atoms with Gasteiger partial charge in [-0.15, -0.1) is 11.8 Å². The van der Waals surface area contributed by atoms with E-state index in [0.29, 0.717) is 5.69 Å². The van der Waals surface area contributed by atoms with Crippen LogP contribution < -0.4 is 10.6 Å². The summed E-state index contributed by atoms with van der Waals surface area (Å²) in [5, 5.41) is 4.09. The van der Waals surface area contributed by atoms with E-state index in [4.69, 9.17) is 0 Å². The average molecular weight is 364 g/mol. The van der Waals surface area contributed by atoms with Crippen molar-refractivity contribution in [1.29, 1.82) is 0 Å². The van der Waals surface area contributed by atoms with Crippen molar-refractivity contribution in [3.05, 3.63) is 59.2 Å². The Morgan fingerprint density at radius 1 is 1.08 bits per heavy atom. The predicted octanol–water partition coefficient (Wildman–Crippen LogP) is 4.41. The molecule has 1 atom stereocenters. The highest BCUT2D eigenvalue weighted by Gasteiger charge is 2.19. The second-order valence-corrected chi connectivity index (χ2v) is 6.98. The molecule has 25 heavy (non-hydrogen) atoms. The number of nitrogens with one attached hydrogen (secondary N) is 2. The van der Waals surface area contributed by atoms with Gasteiger partial charge in [-0.25, -0.2) is 13.6 Å². The molecular weight excluding hydrogens is 346 g/mol. The normalized spacial score (nSPS) is 11.7. The fraction of sp³-hybridized carbons (Fsp3) is 0.222. The summed E-state index contributed by atoms with van der Waals surface area (Å²) in [5.74, 6) is -2.01. The Balaban J connectivity index is 1.94. The molecule has 2 N–H and O–H groups in total. The predicted molar refractivity (Wildman–Crippen MR) is 94.8 cm³/mol. The number of aryl methyl sites for hydroxylation is 2. The number of anilines is 1. The molecular formula is C18H18F2N2O2S. The molecule has 0 aromatic heterocycles. The van der Waals surface area contributed by atoms with E-state index in [1.165, 1.54) is 13.0 Å². The first-order chi connectivity index (χ1) is 11.8. The van der Waals surface area contributed by atoms with E-state index in [1.54, 1.807) is 6.07 Å². The number of amides is 3. The van der Waals surface area contributed by atoms with Crippen molar-refractivity contribution in [3.63, 3.8) is 0 Å². The fourth-order valence-corrected chi connectivity index (χ4v) is 3.00. The molecule has 3 amide bonds. The van der Waals surface area contributed by atoms with E-state index >= 15 is 0 Å². The lowest BCUT2D eigenvalue weighted by Crippen LogP contribution is -2.39. The number of benzene rings is 2. The molecule has 0 heterocycles. The quantitative estimate of drug-likeness (QED) is 0.790. The number of halogens is 2. The first-order valence-corrected chi connectivity index (χ1v) is 8.45. The number of carbonyl (C=O) groups excluding carboxylic acids is 2. The second kappa shape index (κ2) is 8.11. The molecule has 0 fully saturated rings. The van der Waals surface area contributed by atoms with E-state index in [2.05, 4.69) is 10.6 Å². The van der Waals surface area contributed by atoms with Gasteiger partial charge in [-0.2, -0.15) is 0 Å². The summed E-state index contributed by atoms with van der Waals surface area (Å²) >= 11 is 0.907. The minimum Gasteiger partial charge on any atom is -0.307 e. The lowest BCUT2D eigenvalue weighted by atomic mass is 10.1. The Hall–Kier alpha value is -2.41. The van der Waals surface area contributed by atoms with Crippen LogP contribution in [-0.4, -0.2) is 17.2 Å². The Bertz CT molecular complexity index is 812. The van der Waals surface area contributed by atoms with E-state index < -0.39 is 28.8 Å². The Labute approximate surface area is 149 Å². The lowest BCUT2D eigenvalue weighted by Gasteiger charge is -2.13. The van der Waals surface area contributed by atoms with Crippen LogP contribution in [0.3, 0.4) is 0 Å². The Kier molecular flexibility index (Phi) is 6.14. The van der Waals surface area contributed by atoms with Crippen molar-refractivity contribution >= 4 is 29.4 Å². The summed E-state index contributed by atoms with van der Waals surface area (Å²) in [4.78, 5) is 24.2. The van der Waals surface area contributed by atoms with Gasteiger partial charge in [-0.1, -0.05) is 17.7 Å². The number of thioether (sulfide) groups is 1. The van der Waals surface area contributed by atoms with E-state index in [9.17, 15) is 18.4 Å². The zero-order valence-corrected chi connectivity index (χ0v) is 14.8. The van der Waals surface area contributed by atoms with Crippen LogP contribution in [-0.2, 0) is 4.79 Å². The highest BCUT2D eigenvalue weighted by atomic mass is 32.2. The van der Waals surface area contributed by atoms with Gasteiger partial charge in [0.1, 0.15) is 11.6 Å². The number of urea groups is 1. The summed E-state index contributed by atoms with van der Waals surface area (Å²) in [5.41, 5.74) is 2.53. The van der Waals surface area contributed by atoms with Crippen LogP contribution in [0, 0.1) is 25.5 Å². The first-order valence-electron chi connectivity index (χ1n) is 7.57. The average Bonchev–Trinajstić information content (AvgIpc) is 2.52. The monoisotopic (exact) mass is 364 g/mol. The van der Waals surface area contributed by atoms with E-state index in [1.807, 2.05) is 26.0 Å². The molecule has 0 bridgehead atoms. The van der Waals surface area contributed by atoms with Gasteiger partial charge in [0, 0.05) is 16.6 Å². The molecule has 7 heteroatoms. The third kappa shape index (κ3) is 5.29. The molecule has 0 saturated carbocycles. The number of hydrogen-bond acceptors (Lipinski definition) is 3. The van der Waals surface area contributed by atoms with Crippen LogP contribution in [0.25, 0.3) is 0 Å². The molecule has 0 aliphatic heterocycles. The van der Waals surface area contributed by atoms with Gasteiger partial charge in [-0.05, 0) is 44.5 Å². The maximum atomic E-state index is 13.6. The number of hydrogen-bond donors (Lipinski definition) is 2. The van der Waals surface area contributed by atoms with Crippen molar-refractivity contribution in [2.45, 2.75) is 30.9 Å². The van der Waals surface area contributed by atoms with Crippen LogP contribution in [0.1, 0.15) is 18.1 Å². The van der Waals surface area contributed by atoms with Crippen molar-refractivity contribution in [1.82, 2.24) is 5.32 Å². The van der Waals surface area contributed by atoms with Crippen molar-refractivity contribution in [3.8, 4) is 0 Å². The molecule has 4 nitrogen and oxygen atoms in total. The molecule has 0 aliphatic rings. The molecule has 132 valence electrons. The van der Waals surface area contributed by atoms with E-state index in [0.717, 1.165) is 35.0 Å². The van der Waals surface area contributed by atoms with Crippen LogP contribution in [0.5, 0.6) is 0 Å². The number of rotatable bonds is 4. The number of carbonyl (C=O) groups is 2. The second-order valence-electron chi connectivity index (χ2n) is 5.60. The molecule has 2 rings (SSSR count). The fourth-order valence-electron chi connectivity index (χ4n) is 2.14. The lowest BCUT2D eigenvalue weighted by molar-refractivity contribution is -0.119. The van der Waals surface area contributed by atoms with Gasteiger partial charge in [0.05, 0.1) is 5.25 Å². The SMILES string of the molecule is Cc1ccc(NC(=O)NC(=O)[C@H](C)Sc2ccc(F)cc2F)c(C)c1. The van der Waals surface area contributed by atoms with Gasteiger partial charge in [0.2, 0.25) is 5.91 Å². The highest BCUT2D eigenvalue weighted by molar-refractivity contribution is 8.00. The molecule has 2 aromatic carbocycles. The molecule has 0 saturated heterocycles. The minimum atomic E-state index is -0.746. The largest absolute Gasteiger partial charge is 0.325 e. The minimum absolute atomic E-state index is 0.138. The first kappa shape index (κ1) is 18.9. The summed E-state index contributed by atoms with van der Waals surface area (Å²) in [6.45, 7) is 5.32. The van der Waals surface area contributed by atoms with Crippen molar-refractivity contribution in [2.75, 3.05) is 5.32 Å². The molecule has 2 aromatic rings. The van der Waals surface area contributed by atoms with E-state index in [-0.39, 0.29) is 4.90 Å². The van der Waals surface area contributed by atoms with Gasteiger partial charge >= 0.3 is 6.03 Å².